The molecule has 1 aliphatic carbocycles. The fourth-order valence-electron chi connectivity index (χ4n) is 3.32. The van der Waals surface area contributed by atoms with Crippen molar-refractivity contribution in [2.45, 2.75) is 45.1 Å². The number of carbonyl (C=O) groups excluding carboxylic acids is 1. The molecule has 1 aromatic carbocycles. The molecule has 0 unspecified atom stereocenters. The molecule has 0 spiro atoms. The van der Waals surface area contributed by atoms with Gasteiger partial charge in [-0.15, -0.1) is 0 Å². The van der Waals surface area contributed by atoms with Crippen LogP contribution >= 0.6 is 0 Å². The molecule has 2 N–H and O–H groups in total. The first kappa shape index (κ1) is 17.3. The topological polar surface area (TPSA) is 63.1 Å². The van der Waals surface area contributed by atoms with Gasteiger partial charge in [-0.2, -0.15) is 0 Å². The summed E-state index contributed by atoms with van der Waals surface area (Å²) in [6, 6.07) is 11.1. The van der Waals surface area contributed by atoms with E-state index in [0.717, 1.165) is 31.4 Å². The number of nitrogens with one attached hydrogen (secondary N) is 2. The van der Waals surface area contributed by atoms with Crippen LogP contribution in [0.3, 0.4) is 0 Å². The van der Waals surface area contributed by atoms with E-state index in [-0.39, 0.29) is 11.6 Å². The van der Waals surface area contributed by atoms with Gasteiger partial charge >= 0.3 is 6.03 Å². The number of unbranched alkanes of at least 4 members (excludes halogenated alkanes) is 1. The van der Waals surface area contributed by atoms with Gasteiger partial charge in [-0.1, -0.05) is 18.2 Å². The molecule has 5 heteroatoms. The first-order valence-corrected chi connectivity index (χ1v) is 9.05. The average Bonchev–Trinajstić information content (AvgIpc) is 2.63. The molecular formula is C20H25N3O2. The van der Waals surface area contributed by atoms with Crippen molar-refractivity contribution in [2.75, 3.05) is 11.9 Å². The number of pyridine rings is 1. The van der Waals surface area contributed by atoms with Crippen molar-refractivity contribution in [3.63, 3.8) is 0 Å². The van der Waals surface area contributed by atoms with Crippen molar-refractivity contribution in [2.24, 2.45) is 0 Å². The molecule has 1 aromatic heterocycles. The molecule has 5 nitrogen and oxygen atoms in total. The van der Waals surface area contributed by atoms with Crippen LogP contribution in [0.15, 0.2) is 47.4 Å². The molecule has 0 saturated carbocycles. The first-order valence-electron chi connectivity index (χ1n) is 9.05. The van der Waals surface area contributed by atoms with Crippen LogP contribution in [0.1, 0.15) is 36.8 Å². The number of aryl methyl sites for hydroxylation is 2. The Hall–Kier alpha value is -2.56. The third-order valence-corrected chi connectivity index (χ3v) is 4.65. The van der Waals surface area contributed by atoms with Crippen LogP contribution in [-0.2, 0) is 19.4 Å². The Morgan fingerprint density at radius 1 is 1.04 bits per heavy atom. The zero-order valence-electron chi connectivity index (χ0n) is 14.5. The van der Waals surface area contributed by atoms with E-state index in [4.69, 9.17) is 0 Å². The molecule has 1 aliphatic rings. The van der Waals surface area contributed by atoms with Crippen LogP contribution in [-0.4, -0.2) is 17.1 Å². The molecular weight excluding hydrogens is 314 g/mol. The monoisotopic (exact) mass is 339 g/mol. The summed E-state index contributed by atoms with van der Waals surface area (Å²) >= 11 is 0. The van der Waals surface area contributed by atoms with Gasteiger partial charge in [-0.25, -0.2) is 4.79 Å². The minimum Gasteiger partial charge on any atom is -0.338 e. The van der Waals surface area contributed by atoms with Gasteiger partial charge in [0.05, 0.1) is 0 Å². The summed E-state index contributed by atoms with van der Waals surface area (Å²) in [4.78, 5) is 23.7. The molecule has 0 fully saturated rings. The second kappa shape index (κ2) is 8.51. The summed E-state index contributed by atoms with van der Waals surface area (Å²) in [6.45, 7) is 1.28. The lowest BCUT2D eigenvalue weighted by Gasteiger charge is -2.19. The Morgan fingerprint density at radius 2 is 1.92 bits per heavy atom. The van der Waals surface area contributed by atoms with Crippen LogP contribution in [0.5, 0.6) is 0 Å². The number of benzene rings is 1. The number of amides is 2. The fourth-order valence-corrected chi connectivity index (χ4v) is 3.32. The summed E-state index contributed by atoms with van der Waals surface area (Å²) in [5, 5.41) is 5.88. The van der Waals surface area contributed by atoms with Gasteiger partial charge < -0.3 is 15.2 Å². The van der Waals surface area contributed by atoms with Crippen LogP contribution in [0.4, 0.5) is 10.5 Å². The number of carbonyl (C=O) groups is 1. The number of aromatic nitrogens is 1. The molecule has 3 rings (SSSR count). The maximum absolute atomic E-state index is 12.1. The number of hydrogen-bond donors (Lipinski definition) is 2. The number of hydrogen-bond acceptors (Lipinski definition) is 2. The van der Waals surface area contributed by atoms with Gasteiger partial charge in [0.2, 0.25) is 5.56 Å². The largest absolute Gasteiger partial charge is 0.338 e. The highest BCUT2D eigenvalue weighted by Crippen LogP contribution is 2.27. The second-order valence-electron chi connectivity index (χ2n) is 6.47. The van der Waals surface area contributed by atoms with Gasteiger partial charge in [-0.05, 0) is 61.8 Å². The van der Waals surface area contributed by atoms with E-state index in [2.05, 4.69) is 16.7 Å². The molecule has 0 aliphatic heterocycles. The molecule has 132 valence electrons. The molecule has 0 atom stereocenters. The SMILES string of the molecule is O=C(NCCCCn1ccccc1=O)Nc1cccc2c1CCCC2. The maximum atomic E-state index is 12.1. The average molecular weight is 339 g/mol. The van der Waals surface area contributed by atoms with E-state index in [9.17, 15) is 9.59 Å². The van der Waals surface area contributed by atoms with E-state index < -0.39 is 0 Å². The highest BCUT2D eigenvalue weighted by Gasteiger charge is 2.14. The number of fused-ring (bicyclic) bond motifs is 1. The Labute approximate surface area is 148 Å². The van der Waals surface area contributed by atoms with Crippen molar-refractivity contribution in [3.05, 3.63) is 64.1 Å². The van der Waals surface area contributed by atoms with E-state index in [1.807, 2.05) is 18.2 Å². The van der Waals surface area contributed by atoms with Crippen LogP contribution in [0.2, 0.25) is 0 Å². The molecule has 25 heavy (non-hydrogen) atoms. The van der Waals surface area contributed by atoms with Crippen LogP contribution in [0, 0.1) is 0 Å². The first-order chi connectivity index (χ1) is 12.2. The number of anilines is 1. The predicted molar refractivity (Wildman–Crippen MR) is 100 cm³/mol. The second-order valence-corrected chi connectivity index (χ2v) is 6.47. The minimum absolute atomic E-state index is 0.0158. The number of urea groups is 1. The number of rotatable bonds is 6. The van der Waals surface area contributed by atoms with Crippen LogP contribution in [0.25, 0.3) is 0 Å². The van der Waals surface area contributed by atoms with Crippen molar-refractivity contribution >= 4 is 11.7 Å². The molecule has 1 heterocycles. The smallest absolute Gasteiger partial charge is 0.319 e. The summed E-state index contributed by atoms with van der Waals surface area (Å²) in [5.74, 6) is 0. The standard InChI is InChI=1S/C20H25N3O2/c24-19-12-3-5-14-23(19)15-6-4-13-21-20(25)22-18-11-7-9-16-8-1-2-10-17(16)18/h3,5,7,9,11-12,14H,1-2,4,6,8,10,13,15H2,(H2,21,22,25). The zero-order valence-corrected chi connectivity index (χ0v) is 14.5. The van der Waals surface area contributed by atoms with Gasteiger partial charge in [-0.3, -0.25) is 4.79 Å². The van der Waals surface area contributed by atoms with E-state index in [1.165, 1.54) is 24.0 Å². The Bertz CT molecular complexity index is 783. The van der Waals surface area contributed by atoms with Crippen molar-refractivity contribution < 1.29 is 4.79 Å². The molecule has 0 radical (unpaired) electrons. The van der Waals surface area contributed by atoms with Gasteiger partial charge in [0.15, 0.2) is 0 Å². The highest BCUT2D eigenvalue weighted by molar-refractivity contribution is 5.90. The third-order valence-electron chi connectivity index (χ3n) is 4.65. The molecule has 2 aromatic rings. The zero-order chi connectivity index (χ0) is 17.5. The molecule has 0 bridgehead atoms. The maximum Gasteiger partial charge on any atom is 0.319 e. The summed E-state index contributed by atoms with van der Waals surface area (Å²) in [6.07, 6.45) is 8.04. The van der Waals surface area contributed by atoms with Gasteiger partial charge in [0.25, 0.3) is 0 Å². The lowest BCUT2D eigenvalue weighted by molar-refractivity contribution is 0.252. The minimum atomic E-state index is -0.157. The van der Waals surface area contributed by atoms with E-state index in [1.54, 1.807) is 22.9 Å². The summed E-state index contributed by atoms with van der Waals surface area (Å²) < 4.78 is 1.69. The van der Waals surface area contributed by atoms with E-state index >= 15 is 0 Å². The Morgan fingerprint density at radius 3 is 2.80 bits per heavy atom. The quantitative estimate of drug-likeness (QED) is 0.793. The molecule has 2 amide bonds. The summed E-state index contributed by atoms with van der Waals surface area (Å²) in [7, 11) is 0. The fraction of sp³-hybridized carbons (Fsp3) is 0.400. The Kier molecular flexibility index (Phi) is 5.88. The lowest BCUT2D eigenvalue weighted by atomic mass is 9.90. The normalized spacial score (nSPS) is 13.1. The Balaban J connectivity index is 1.42. The highest BCUT2D eigenvalue weighted by atomic mass is 16.2. The van der Waals surface area contributed by atoms with Crippen molar-refractivity contribution in [1.29, 1.82) is 0 Å². The van der Waals surface area contributed by atoms with Gasteiger partial charge in [0, 0.05) is 31.0 Å². The number of nitrogens with zero attached hydrogens (tertiary/aromatic N) is 1. The van der Waals surface area contributed by atoms with Crippen molar-refractivity contribution in [3.8, 4) is 0 Å². The van der Waals surface area contributed by atoms with Crippen molar-refractivity contribution in [1.82, 2.24) is 9.88 Å². The predicted octanol–water partition coefficient (Wildman–Crippen LogP) is 3.33. The lowest BCUT2D eigenvalue weighted by Crippen LogP contribution is -2.30. The third kappa shape index (κ3) is 4.72. The van der Waals surface area contributed by atoms with Gasteiger partial charge in [0.1, 0.15) is 0 Å². The summed E-state index contributed by atoms with van der Waals surface area (Å²) in [5.41, 5.74) is 3.59. The van der Waals surface area contributed by atoms with E-state index in [0.29, 0.717) is 13.1 Å². The van der Waals surface area contributed by atoms with Crippen LogP contribution < -0.4 is 16.2 Å². The molecule has 0 saturated heterocycles.